The molecule has 39 heavy (non-hydrogen) atoms. The van der Waals surface area contributed by atoms with Crippen molar-refractivity contribution < 1.29 is 0 Å². The van der Waals surface area contributed by atoms with Gasteiger partial charge in [-0.1, -0.05) is 63.3 Å². The van der Waals surface area contributed by atoms with Crippen LogP contribution in [0.2, 0.25) is 0 Å². The average molecular weight is 524 g/mol. The summed E-state index contributed by atoms with van der Waals surface area (Å²) in [5.74, 6) is 0.512. The van der Waals surface area contributed by atoms with E-state index in [0.29, 0.717) is 18.8 Å². The van der Waals surface area contributed by atoms with Crippen molar-refractivity contribution in [1.82, 2.24) is 14.0 Å². The molecule has 6 heteroatoms. The fourth-order valence-electron chi connectivity index (χ4n) is 6.05. The molecule has 5 rings (SSSR count). The molecule has 2 aliphatic heterocycles. The summed E-state index contributed by atoms with van der Waals surface area (Å²) >= 11 is 0. The predicted octanol–water partition coefficient (Wildman–Crippen LogP) is 6.32. The van der Waals surface area contributed by atoms with Crippen LogP contribution in [0, 0.1) is 28.1 Å². The minimum absolute atomic E-state index is 0.0271. The van der Waals surface area contributed by atoms with Crippen molar-refractivity contribution in [3.8, 4) is 6.07 Å². The van der Waals surface area contributed by atoms with E-state index in [1.165, 1.54) is 23.3 Å². The van der Waals surface area contributed by atoms with Crippen LogP contribution in [0.25, 0.3) is 0 Å². The zero-order valence-electron chi connectivity index (χ0n) is 24.1. The van der Waals surface area contributed by atoms with Gasteiger partial charge in [0.25, 0.3) is 0 Å². The molecule has 0 amide bonds. The van der Waals surface area contributed by atoms with Gasteiger partial charge in [0.1, 0.15) is 0 Å². The van der Waals surface area contributed by atoms with Gasteiger partial charge >= 0.3 is 5.69 Å². The topological polar surface area (TPSA) is 66.3 Å². The Labute approximate surface area is 232 Å². The van der Waals surface area contributed by atoms with Crippen molar-refractivity contribution in [2.45, 2.75) is 66.3 Å². The lowest BCUT2D eigenvalue weighted by Crippen LogP contribution is -2.32. The van der Waals surface area contributed by atoms with Gasteiger partial charge in [0.15, 0.2) is 5.82 Å². The second kappa shape index (κ2) is 10.5. The average Bonchev–Trinajstić information content (AvgIpc) is 3.18. The molecule has 3 heterocycles. The first-order valence-corrected chi connectivity index (χ1v) is 14.3. The number of aromatic nitrogens is 2. The highest BCUT2D eigenvalue weighted by Gasteiger charge is 2.37. The minimum Gasteiger partial charge on any atom is -0.371 e. The zero-order chi connectivity index (χ0) is 27.8. The van der Waals surface area contributed by atoms with Crippen molar-refractivity contribution in [3.05, 3.63) is 87.7 Å². The number of fused-ring (bicyclic) bond motifs is 1. The van der Waals surface area contributed by atoms with E-state index in [4.69, 9.17) is 4.99 Å². The van der Waals surface area contributed by atoms with Crippen LogP contribution in [-0.4, -0.2) is 32.8 Å². The maximum absolute atomic E-state index is 13.2. The highest BCUT2D eigenvalue weighted by Crippen LogP contribution is 2.39. The van der Waals surface area contributed by atoms with E-state index >= 15 is 0 Å². The smallest absolute Gasteiger partial charge is 0.329 e. The Bertz CT molecular complexity index is 1460. The van der Waals surface area contributed by atoms with Gasteiger partial charge in [-0.25, -0.2) is 9.79 Å². The Morgan fingerprint density at radius 3 is 2.72 bits per heavy atom. The summed E-state index contributed by atoms with van der Waals surface area (Å²) in [5.41, 5.74) is 5.04. The molecule has 2 aliphatic carbocycles. The monoisotopic (exact) mass is 523 g/mol. The molecule has 0 radical (unpaired) electrons. The summed E-state index contributed by atoms with van der Waals surface area (Å²) in [6.07, 6.45) is 24.5. The fourth-order valence-corrected chi connectivity index (χ4v) is 6.05. The molecule has 0 aromatic carbocycles. The van der Waals surface area contributed by atoms with Crippen molar-refractivity contribution in [3.63, 3.8) is 0 Å². The van der Waals surface area contributed by atoms with E-state index in [0.717, 1.165) is 43.8 Å². The van der Waals surface area contributed by atoms with Gasteiger partial charge < -0.3 is 4.90 Å². The molecule has 1 aromatic heterocycles. The van der Waals surface area contributed by atoms with Gasteiger partial charge in [0, 0.05) is 44.7 Å². The van der Waals surface area contributed by atoms with Gasteiger partial charge in [-0.15, -0.1) is 0 Å². The number of hydrogen-bond acceptors (Lipinski definition) is 4. The molecule has 0 fully saturated rings. The standard InChI is InChI=1S/C33H41N5O/c1-32(2,3)23-38-29-15-9-13-27(35-30(29)36(5)31(38)39)26-21-24(16-18-33(26,4)22-34)17-20-37-19-10-12-25-11-7-6-8-14-28(25)37/h7-9,11,13-14,16,18,21,26H,6,10,12,15,17,19-20,23H2,1-5H3. The van der Waals surface area contributed by atoms with Crippen LogP contribution in [0.15, 0.2) is 81.3 Å². The summed E-state index contributed by atoms with van der Waals surface area (Å²) in [5, 5.41) is 10.2. The number of hydrogen-bond donors (Lipinski definition) is 0. The highest BCUT2D eigenvalue weighted by atomic mass is 16.1. The number of allylic oxidation sites excluding steroid dienone is 10. The van der Waals surface area contributed by atoms with Gasteiger partial charge in [-0.05, 0) is 61.3 Å². The van der Waals surface area contributed by atoms with Gasteiger partial charge in [0.05, 0.1) is 22.9 Å². The molecule has 4 aliphatic rings. The molecule has 1 aromatic rings. The molecule has 0 saturated heterocycles. The highest BCUT2D eigenvalue weighted by molar-refractivity contribution is 6.01. The number of aliphatic imine (C=N–C) groups is 1. The summed E-state index contributed by atoms with van der Waals surface area (Å²) in [6.45, 7) is 11.1. The fraction of sp³-hybridized carbons (Fsp3) is 0.485. The van der Waals surface area contributed by atoms with Crippen LogP contribution in [0.4, 0.5) is 5.82 Å². The van der Waals surface area contributed by atoms with E-state index in [1.807, 2.05) is 17.6 Å². The lowest BCUT2D eigenvalue weighted by molar-refractivity contribution is 0.332. The largest absolute Gasteiger partial charge is 0.371 e. The molecule has 0 spiro atoms. The number of nitriles is 1. The van der Waals surface area contributed by atoms with Crippen molar-refractivity contribution in [1.29, 1.82) is 5.26 Å². The lowest BCUT2D eigenvalue weighted by atomic mass is 9.71. The Kier molecular flexibility index (Phi) is 7.29. The summed E-state index contributed by atoms with van der Waals surface area (Å²) in [4.78, 5) is 20.7. The molecule has 2 atom stereocenters. The van der Waals surface area contributed by atoms with Crippen LogP contribution in [0.1, 0.15) is 59.1 Å². The molecule has 0 N–H and O–H groups in total. The second-order valence-corrected chi connectivity index (χ2v) is 12.6. The van der Waals surface area contributed by atoms with Gasteiger partial charge in [-0.2, -0.15) is 5.26 Å². The SMILES string of the molecule is Cn1c2c(n(CC(C)(C)C)c1=O)CC=CC(C1C=C(CCN3CCCC4=C3C=CCC=C4)C=CC1(C)C#N)=N2. The van der Waals surface area contributed by atoms with Gasteiger partial charge in [-0.3, -0.25) is 9.13 Å². The molecule has 204 valence electrons. The number of nitrogens with zero attached hydrogens (tertiary/aromatic N) is 5. The van der Waals surface area contributed by atoms with E-state index in [2.05, 4.69) is 80.3 Å². The molecule has 6 nitrogen and oxygen atoms in total. The van der Waals surface area contributed by atoms with Crippen LogP contribution in [0.5, 0.6) is 0 Å². The second-order valence-electron chi connectivity index (χ2n) is 12.6. The molecular weight excluding hydrogens is 482 g/mol. The molecule has 0 bridgehead atoms. The normalized spacial score (nSPS) is 24.5. The van der Waals surface area contributed by atoms with Crippen LogP contribution >= 0.6 is 0 Å². The zero-order valence-corrected chi connectivity index (χ0v) is 24.1. The third kappa shape index (κ3) is 5.45. The van der Waals surface area contributed by atoms with E-state index in [9.17, 15) is 10.1 Å². The Hall–Kier alpha value is -3.59. The Morgan fingerprint density at radius 2 is 1.95 bits per heavy atom. The molecule has 0 saturated carbocycles. The third-order valence-corrected chi connectivity index (χ3v) is 8.20. The quantitative estimate of drug-likeness (QED) is 0.454. The van der Waals surface area contributed by atoms with E-state index in [-0.39, 0.29) is 17.0 Å². The van der Waals surface area contributed by atoms with Gasteiger partial charge in [0.2, 0.25) is 0 Å². The summed E-state index contributed by atoms with van der Waals surface area (Å²) in [7, 11) is 1.80. The van der Waals surface area contributed by atoms with Crippen molar-refractivity contribution in [2.24, 2.45) is 28.8 Å². The number of imidazole rings is 1. The van der Waals surface area contributed by atoms with Crippen LogP contribution < -0.4 is 5.69 Å². The van der Waals surface area contributed by atoms with Crippen LogP contribution in [-0.2, 0) is 20.0 Å². The lowest BCUT2D eigenvalue weighted by Gasteiger charge is -2.33. The maximum Gasteiger partial charge on any atom is 0.329 e. The first-order valence-electron chi connectivity index (χ1n) is 14.3. The summed E-state index contributed by atoms with van der Waals surface area (Å²) in [6, 6.07) is 2.55. The number of rotatable bonds is 5. The molecule has 2 unspecified atom stereocenters. The Morgan fingerprint density at radius 1 is 1.15 bits per heavy atom. The molecular formula is C33H41N5O. The van der Waals surface area contributed by atoms with E-state index in [1.54, 1.807) is 11.6 Å². The first-order chi connectivity index (χ1) is 18.6. The van der Waals surface area contributed by atoms with Crippen molar-refractivity contribution in [2.75, 3.05) is 13.1 Å². The first kappa shape index (κ1) is 27.0. The Balaban J connectivity index is 1.45. The van der Waals surface area contributed by atoms with E-state index < -0.39 is 5.41 Å². The third-order valence-electron chi connectivity index (χ3n) is 8.20. The minimum atomic E-state index is -0.709. The van der Waals surface area contributed by atoms with Crippen LogP contribution in [0.3, 0.4) is 0 Å². The van der Waals surface area contributed by atoms with Crippen molar-refractivity contribution >= 4 is 11.5 Å². The predicted molar refractivity (Wildman–Crippen MR) is 159 cm³/mol. The summed E-state index contributed by atoms with van der Waals surface area (Å²) < 4.78 is 3.54. The maximum atomic E-state index is 13.2.